The number of carbonyl (C=O) groups excluding carboxylic acids is 1. The molecule has 0 aromatic rings. The smallest absolute Gasteiger partial charge is 0.136 e. The highest BCUT2D eigenvalue weighted by Crippen LogP contribution is 2.32. The molecule has 0 radical (unpaired) electrons. The Morgan fingerprint density at radius 3 is 2.56 bits per heavy atom. The molecule has 0 aromatic heterocycles. The molecular weight excluding hydrogens is 218 g/mol. The molecule has 0 aliphatic carbocycles. The first kappa shape index (κ1) is 12.4. The van der Waals surface area contributed by atoms with Crippen molar-refractivity contribution in [1.82, 2.24) is 4.90 Å². The van der Waals surface area contributed by atoms with Gasteiger partial charge in [0.1, 0.15) is 5.78 Å². The normalized spacial score (nSPS) is 32.8. The van der Waals surface area contributed by atoms with E-state index in [1.807, 2.05) is 11.8 Å². The summed E-state index contributed by atoms with van der Waals surface area (Å²) in [7, 11) is 0. The minimum absolute atomic E-state index is 0.503. The highest BCUT2D eigenvalue weighted by atomic mass is 32.2. The zero-order chi connectivity index (χ0) is 11.5. The molecule has 0 N–H and O–H groups in total. The molecular formula is C13H23NOS. The second-order valence-electron chi connectivity index (χ2n) is 5.44. The van der Waals surface area contributed by atoms with E-state index in [-0.39, 0.29) is 0 Å². The van der Waals surface area contributed by atoms with Crippen LogP contribution >= 0.6 is 11.8 Å². The Hall–Kier alpha value is -0.0200. The molecule has 0 aromatic carbocycles. The Balaban J connectivity index is 1.95. The van der Waals surface area contributed by atoms with Gasteiger partial charge in [0, 0.05) is 31.5 Å². The van der Waals surface area contributed by atoms with Crippen molar-refractivity contribution in [1.29, 1.82) is 0 Å². The first-order valence-corrected chi connectivity index (χ1v) is 7.86. The SMILES string of the molecule is CSCC(C)CN1C2CCCC1CC(=O)C2. The number of carbonyl (C=O) groups is 1. The van der Waals surface area contributed by atoms with E-state index < -0.39 is 0 Å². The van der Waals surface area contributed by atoms with Gasteiger partial charge in [0.15, 0.2) is 0 Å². The number of nitrogens with zero attached hydrogens (tertiary/aromatic N) is 1. The van der Waals surface area contributed by atoms with Gasteiger partial charge in [-0.15, -0.1) is 0 Å². The second kappa shape index (κ2) is 5.54. The van der Waals surface area contributed by atoms with Gasteiger partial charge in [-0.25, -0.2) is 0 Å². The molecule has 2 aliphatic heterocycles. The highest BCUT2D eigenvalue weighted by Gasteiger charge is 2.37. The van der Waals surface area contributed by atoms with Crippen LogP contribution in [0.15, 0.2) is 0 Å². The van der Waals surface area contributed by atoms with Crippen LogP contribution in [0.5, 0.6) is 0 Å². The van der Waals surface area contributed by atoms with Crippen LogP contribution in [0.4, 0.5) is 0 Å². The van der Waals surface area contributed by atoms with Gasteiger partial charge in [0.2, 0.25) is 0 Å². The van der Waals surface area contributed by atoms with Crippen molar-refractivity contribution in [2.75, 3.05) is 18.6 Å². The number of fused-ring (bicyclic) bond motifs is 2. The molecule has 0 saturated carbocycles. The minimum atomic E-state index is 0.503. The van der Waals surface area contributed by atoms with E-state index in [9.17, 15) is 4.79 Å². The first-order chi connectivity index (χ1) is 7.70. The third-order valence-corrected chi connectivity index (χ3v) is 4.82. The third-order valence-electron chi connectivity index (χ3n) is 3.91. The zero-order valence-corrected chi connectivity index (χ0v) is 11.3. The molecule has 2 nitrogen and oxygen atoms in total. The van der Waals surface area contributed by atoms with E-state index in [2.05, 4.69) is 18.1 Å². The fourth-order valence-electron chi connectivity index (χ4n) is 3.26. The van der Waals surface area contributed by atoms with Crippen molar-refractivity contribution in [3.63, 3.8) is 0 Å². The summed E-state index contributed by atoms with van der Waals surface area (Å²) >= 11 is 1.93. The summed E-state index contributed by atoms with van der Waals surface area (Å²) in [6, 6.07) is 1.15. The molecule has 16 heavy (non-hydrogen) atoms. The number of piperidine rings is 2. The van der Waals surface area contributed by atoms with Crippen LogP contribution < -0.4 is 0 Å². The molecule has 2 rings (SSSR count). The summed E-state index contributed by atoms with van der Waals surface area (Å²) in [5.74, 6) is 2.50. The molecule has 2 bridgehead atoms. The summed E-state index contributed by atoms with van der Waals surface area (Å²) in [5.41, 5.74) is 0. The number of thioether (sulfide) groups is 1. The van der Waals surface area contributed by atoms with E-state index in [1.54, 1.807) is 0 Å². The van der Waals surface area contributed by atoms with Crippen LogP contribution in [0.3, 0.4) is 0 Å². The monoisotopic (exact) mass is 241 g/mol. The maximum atomic E-state index is 11.6. The first-order valence-electron chi connectivity index (χ1n) is 6.47. The van der Waals surface area contributed by atoms with Crippen LogP contribution in [-0.2, 0) is 4.79 Å². The van der Waals surface area contributed by atoms with Gasteiger partial charge in [0.05, 0.1) is 0 Å². The van der Waals surface area contributed by atoms with E-state index in [4.69, 9.17) is 0 Å². The molecule has 0 spiro atoms. The van der Waals surface area contributed by atoms with Gasteiger partial charge in [-0.05, 0) is 30.8 Å². The summed E-state index contributed by atoms with van der Waals surface area (Å²) in [6.07, 6.45) is 7.64. The Morgan fingerprint density at radius 2 is 2.00 bits per heavy atom. The molecule has 2 fully saturated rings. The van der Waals surface area contributed by atoms with Crippen LogP contribution in [0.25, 0.3) is 0 Å². The predicted octanol–water partition coefficient (Wildman–Crippen LogP) is 2.57. The Bertz CT molecular complexity index is 240. The maximum Gasteiger partial charge on any atom is 0.136 e. The van der Waals surface area contributed by atoms with Crippen molar-refractivity contribution in [3.05, 3.63) is 0 Å². The Morgan fingerprint density at radius 1 is 1.38 bits per heavy atom. The van der Waals surface area contributed by atoms with Crippen LogP contribution in [0.2, 0.25) is 0 Å². The quantitative estimate of drug-likeness (QED) is 0.754. The lowest BCUT2D eigenvalue weighted by Crippen LogP contribution is -2.53. The fourth-order valence-corrected chi connectivity index (χ4v) is 3.94. The standard InChI is InChI=1S/C13H23NOS/c1-10(9-16-2)8-14-11-4-3-5-12(14)7-13(15)6-11/h10-12H,3-9H2,1-2H3. The van der Waals surface area contributed by atoms with Crippen LogP contribution in [0.1, 0.15) is 39.0 Å². The molecule has 2 saturated heterocycles. The van der Waals surface area contributed by atoms with E-state index in [0.29, 0.717) is 17.9 Å². The summed E-state index contributed by atoms with van der Waals surface area (Å²) in [6.45, 7) is 3.53. The largest absolute Gasteiger partial charge is 0.300 e. The van der Waals surface area contributed by atoms with Crippen molar-refractivity contribution in [2.45, 2.75) is 51.1 Å². The van der Waals surface area contributed by atoms with Crippen molar-refractivity contribution in [2.24, 2.45) is 5.92 Å². The minimum Gasteiger partial charge on any atom is -0.300 e. The van der Waals surface area contributed by atoms with Crippen molar-refractivity contribution < 1.29 is 4.79 Å². The van der Waals surface area contributed by atoms with Gasteiger partial charge in [0.25, 0.3) is 0 Å². The summed E-state index contributed by atoms with van der Waals surface area (Å²) < 4.78 is 0. The average Bonchev–Trinajstić information content (AvgIpc) is 2.19. The highest BCUT2D eigenvalue weighted by molar-refractivity contribution is 7.98. The number of rotatable bonds is 4. The Labute approximate surface area is 103 Å². The average molecular weight is 241 g/mol. The predicted molar refractivity (Wildman–Crippen MR) is 69.9 cm³/mol. The van der Waals surface area contributed by atoms with Gasteiger partial charge in [-0.1, -0.05) is 13.3 Å². The van der Waals surface area contributed by atoms with E-state index >= 15 is 0 Å². The molecule has 3 unspecified atom stereocenters. The fraction of sp³-hybridized carbons (Fsp3) is 0.923. The maximum absolute atomic E-state index is 11.6. The molecule has 3 heteroatoms. The molecule has 2 heterocycles. The lowest BCUT2D eigenvalue weighted by Gasteiger charge is -2.46. The Kier molecular flexibility index (Phi) is 4.31. The number of hydrogen-bond acceptors (Lipinski definition) is 3. The lowest BCUT2D eigenvalue weighted by molar-refractivity contribution is -0.127. The molecule has 3 atom stereocenters. The topological polar surface area (TPSA) is 20.3 Å². The lowest BCUT2D eigenvalue weighted by atomic mass is 9.83. The summed E-state index contributed by atoms with van der Waals surface area (Å²) in [4.78, 5) is 14.2. The zero-order valence-electron chi connectivity index (χ0n) is 10.4. The van der Waals surface area contributed by atoms with Crippen LogP contribution in [0, 0.1) is 5.92 Å². The van der Waals surface area contributed by atoms with Gasteiger partial charge in [-0.3, -0.25) is 9.69 Å². The summed E-state index contributed by atoms with van der Waals surface area (Å²) in [5, 5.41) is 0. The number of hydrogen-bond donors (Lipinski definition) is 0. The third kappa shape index (κ3) is 2.80. The molecule has 0 amide bonds. The van der Waals surface area contributed by atoms with E-state index in [0.717, 1.165) is 18.8 Å². The van der Waals surface area contributed by atoms with Crippen LogP contribution in [-0.4, -0.2) is 41.3 Å². The second-order valence-corrected chi connectivity index (χ2v) is 6.35. The van der Waals surface area contributed by atoms with Gasteiger partial charge < -0.3 is 0 Å². The van der Waals surface area contributed by atoms with Crippen molar-refractivity contribution in [3.8, 4) is 0 Å². The van der Waals surface area contributed by atoms with E-state index in [1.165, 1.54) is 31.6 Å². The molecule has 2 aliphatic rings. The number of ketones is 1. The van der Waals surface area contributed by atoms with Gasteiger partial charge >= 0.3 is 0 Å². The van der Waals surface area contributed by atoms with Gasteiger partial charge in [-0.2, -0.15) is 11.8 Å². The number of Topliss-reactive ketones (excluding diaryl/α,β-unsaturated/α-hetero) is 1. The van der Waals surface area contributed by atoms with Crippen molar-refractivity contribution >= 4 is 17.5 Å². The molecule has 92 valence electrons.